The minimum absolute atomic E-state index is 0.0834. The largest absolute Gasteiger partial charge is 0.477 e. The number of rotatable bonds is 6. The van der Waals surface area contributed by atoms with E-state index in [2.05, 4.69) is 30.0 Å². The molecule has 2 heterocycles. The van der Waals surface area contributed by atoms with Crippen LogP contribution in [0.5, 0.6) is 0 Å². The summed E-state index contributed by atoms with van der Waals surface area (Å²) in [6, 6.07) is 1.36. The van der Waals surface area contributed by atoms with E-state index in [1.54, 1.807) is 26.8 Å². The van der Waals surface area contributed by atoms with Gasteiger partial charge < -0.3 is 29.7 Å². The van der Waals surface area contributed by atoms with Gasteiger partial charge in [-0.3, -0.25) is 4.79 Å². The van der Waals surface area contributed by atoms with Crippen molar-refractivity contribution >= 4 is 41.6 Å². The van der Waals surface area contributed by atoms with Gasteiger partial charge in [0.15, 0.2) is 0 Å². The maximum Gasteiger partial charge on any atom is 0.410 e. The fourth-order valence-corrected chi connectivity index (χ4v) is 6.12. The van der Waals surface area contributed by atoms with Crippen molar-refractivity contribution in [3.05, 3.63) is 15.8 Å². The van der Waals surface area contributed by atoms with Crippen LogP contribution in [0.4, 0.5) is 15.3 Å². The highest BCUT2D eigenvalue weighted by Gasteiger charge is 2.37. The molecular formula is C35H51N3O7S. The molecule has 0 spiro atoms. The van der Waals surface area contributed by atoms with Crippen LogP contribution in [0.1, 0.15) is 120 Å². The molecule has 11 heteroatoms. The number of ether oxygens (including phenoxy) is 2. The lowest BCUT2D eigenvalue weighted by Crippen LogP contribution is -2.57. The van der Waals surface area contributed by atoms with E-state index in [0.717, 1.165) is 11.3 Å². The molecule has 3 fully saturated rings. The molecule has 46 heavy (non-hydrogen) atoms. The van der Waals surface area contributed by atoms with Gasteiger partial charge in [-0.1, -0.05) is 50.4 Å². The number of nitrogens with one attached hydrogen (secondary N) is 1. The summed E-state index contributed by atoms with van der Waals surface area (Å²) >= 11 is 1.06. The van der Waals surface area contributed by atoms with E-state index in [4.69, 9.17) is 9.47 Å². The monoisotopic (exact) mass is 657 g/mol. The SMILES string of the molecule is C#C.C1CCCCC1.CC(C)(C)C#Cc1cc(N(C=O)C2CCC(NC(=O)OC3CN(C(=O)OC(C)(C)C)C3)CC2)c(C(=O)O)s1. The first-order chi connectivity index (χ1) is 21.6. The quantitative estimate of drug-likeness (QED) is 0.248. The first-order valence-corrected chi connectivity index (χ1v) is 16.9. The van der Waals surface area contributed by atoms with Gasteiger partial charge >= 0.3 is 18.2 Å². The number of thiophene rings is 1. The molecule has 4 rings (SSSR count). The van der Waals surface area contributed by atoms with Crippen molar-refractivity contribution in [1.82, 2.24) is 10.2 Å². The molecule has 10 nitrogen and oxygen atoms in total. The van der Waals surface area contributed by atoms with E-state index in [0.29, 0.717) is 42.7 Å². The molecule has 0 unspecified atom stereocenters. The summed E-state index contributed by atoms with van der Waals surface area (Å²) in [5, 5.41) is 12.6. The fraction of sp³-hybridized carbons (Fsp3) is 0.657. The van der Waals surface area contributed by atoms with E-state index in [1.165, 1.54) is 48.3 Å². The highest BCUT2D eigenvalue weighted by atomic mass is 32.1. The average molecular weight is 658 g/mol. The van der Waals surface area contributed by atoms with Crippen molar-refractivity contribution < 1.29 is 33.8 Å². The molecule has 2 aliphatic carbocycles. The van der Waals surface area contributed by atoms with Crippen LogP contribution in [0.15, 0.2) is 6.07 Å². The number of amides is 3. The van der Waals surface area contributed by atoms with Crippen LogP contribution in [0.2, 0.25) is 0 Å². The Morgan fingerprint density at radius 3 is 2.00 bits per heavy atom. The number of nitrogens with zero attached hydrogens (tertiary/aromatic N) is 2. The Balaban J connectivity index is 0.000000810. The van der Waals surface area contributed by atoms with Crippen LogP contribution in [0, 0.1) is 30.1 Å². The second-order valence-electron chi connectivity index (χ2n) is 13.8. The molecule has 2 saturated carbocycles. The number of terminal acetylenes is 1. The van der Waals surface area contributed by atoms with E-state index < -0.39 is 23.8 Å². The number of likely N-dealkylation sites (tertiary alicyclic amines) is 1. The number of hydrogen-bond donors (Lipinski definition) is 2. The summed E-state index contributed by atoms with van der Waals surface area (Å²) in [5.74, 6) is 5.03. The summed E-state index contributed by atoms with van der Waals surface area (Å²) in [7, 11) is 0. The molecule has 254 valence electrons. The highest BCUT2D eigenvalue weighted by Crippen LogP contribution is 2.34. The maximum absolute atomic E-state index is 12.4. The summed E-state index contributed by atoms with van der Waals surface area (Å²) in [6.07, 6.45) is 18.7. The molecule has 0 radical (unpaired) electrons. The highest BCUT2D eigenvalue weighted by molar-refractivity contribution is 7.15. The lowest BCUT2D eigenvalue weighted by atomic mass is 9.90. The van der Waals surface area contributed by atoms with Crippen LogP contribution in [0.3, 0.4) is 0 Å². The molecule has 3 aliphatic rings. The van der Waals surface area contributed by atoms with Crippen molar-refractivity contribution in [1.29, 1.82) is 0 Å². The molecule has 1 aromatic heterocycles. The van der Waals surface area contributed by atoms with Crippen molar-refractivity contribution in [2.45, 2.75) is 130 Å². The van der Waals surface area contributed by atoms with E-state index in [-0.39, 0.29) is 41.6 Å². The Labute approximate surface area is 278 Å². The van der Waals surface area contributed by atoms with Crippen molar-refractivity contribution in [3.8, 4) is 24.7 Å². The van der Waals surface area contributed by atoms with Crippen LogP contribution in [-0.2, 0) is 14.3 Å². The Kier molecular flexibility index (Phi) is 14.9. The summed E-state index contributed by atoms with van der Waals surface area (Å²) < 4.78 is 10.7. The van der Waals surface area contributed by atoms with Crippen molar-refractivity contribution in [3.63, 3.8) is 0 Å². The predicted octanol–water partition coefficient (Wildman–Crippen LogP) is 7.05. The predicted molar refractivity (Wildman–Crippen MR) is 181 cm³/mol. The van der Waals surface area contributed by atoms with Crippen LogP contribution < -0.4 is 10.2 Å². The zero-order valence-electron chi connectivity index (χ0n) is 28.2. The van der Waals surface area contributed by atoms with Gasteiger partial charge in [0.1, 0.15) is 16.6 Å². The standard InChI is InChI=1S/C27H37N3O7S.C6H12.C2H2/c1-26(2,3)12-11-20-13-21(22(38-20)23(32)33)30(16-31)18-9-7-17(8-10-18)28-24(34)36-19-14-29(15-19)25(35)37-27(4,5)6;1-2-4-6-5-3-1;1-2/h13,16-19H,7-10,14-15H2,1-6H3,(H,28,34)(H,32,33);1-6H2;1-2H. The Morgan fingerprint density at radius 1 is 1.00 bits per heavy atom. The smallest absolute Gasteiger partial charge is 0.410 e. The number of carboxylic acids is 1. The van der Waals surface area contributed by atoms with Gasteiger partial charge in [0.25, 0.3) is 0 Å². The first kappa shape index (κ1) is 38.5. The molecule has 0 bridgehead atoms. The fourth-order valence-electron chi connectivity index (χ4n) is 5.28. The average Bonchev–Trinajstić information content (AvgIpc) is 3.40. The molecular weight excluding hydrogens is 606 g/mol. The Morgan fingerprint density at radius 2 is 1.54 bits per heavy atom. The Bertz CT molecular complexity index is 1240. The molecule has 1 aromatic rings. The van der Waals surface area contributed by atoms with Crippen molar-refractivity contribution in [2.75, 3.05) is 18.0 Å². The van der Waals surface area contributed by atoms with Gasteiger partial charge in [0.05, 0.1) is 23.7 Å². The van der Waals surface area contributed by atoms with Gasteiger partial charge in [-0.15, -0.1) is 24.2 Å². The number of anilines is 1. The summed E-state index contributed by atoms with van der Waals surface area (Å²) in [5.41, 5.74) is -0.466. The normalized spacial score (nSPS) is 19.6. The third-order valence-electron chi connectivity index (χ3n) is 7.54. The summed E-state index contributed by atoms with van der Waals surface area (Å²) in [6.45, 7) is 11.9. The number of hydrogen-bond acceptors (Lipinski definition) is 7. The van der Waals surface area contributed by atoms with Crippen molar-refractivity contribution in [2.24, 2.45) is 5.41 Å². The minimum atomic E-state index is -1.10. The van der Waals surface area contributed by atoms with Gasteiger partial charge in [-0.2, -0.15) is 0 Å². The second-order valence-corrected chi connectivity index (χ2v) is 14.9. The van der Waals surface area contributed by atoms with E-state index in [1.807, 2.05) is 20.8 Å². The zero-order chi connectivity index (χ0) is 34.5. The summed E-state index contributed by atoms with van der Waals surface area (Å²) in [4.78, 5) is 51.9. The molecule has 0 atom stereocenters. The third-order valence-corrected chi connectivity index (χ3v) is 8.57. The maximum atomic E-state index is 12.4. The second kappa shape index (κ2) is 17.9. The minimum Gasteiger partial charge on any atom is -0.477 e. The molecule has 1 saturated heterocycles. The van der Waals surface area contributed by atoms with Crippen LogP contribution in [-0.4, -0.2) is 71.5 Å². The topological polar surface area (TPSA) is 125 Å². The molecule has 1 aliphatic heterocycles. The third kappa shape index (κ3) is 13.0. The first-order valence-electron chi connectivity index (χ1n) is 16.1. The number of carbonyl (C=O) groups is 4. The van der Waals surface area contributed by atoms with Gasteiger partial charge in [0, 0.05) is 17.5 Å². The number of carbonyl (C=O) groups excluding carboxylic acids is 3. The molecule has 3 amide bonds. The van der Waals surface area contributed by atoms with E-state index in [9.17, 15) is 24.3 Å². The Hall–Kier alpha value is -3.70. The zero-order valence-corrected chi connectivity index (χ0v) is 29.0. The van der Waals surface area contributed by atoms with E-state index >= 15 is 0 Å². The lowest BCUT2D eigenvalue weighted by molar-refractivity contribution is -0.108. The lowest BCUT2D eigenvalue weighted by Gasteiger charge is -2.39. The number of carboxylic acid groups (broad SMARTS) is 1. The number of aromatic carboxylic acids is 1. The van der Waals surface area contributed by atoms with Gasteiger partial charge in [0.2, 0.25) is 6.41 Å². The van der Waals surface area contributed by atoms with Gasteiger partial charge in [-0.25, -0.2) is 14.4 Å². The van der Waals surface area contributed by atoms with Crippen LogP contribution >= 0.6 is 11.3 Å². The molecule has 2 N–H and O–H groups in total. The van der Waals surface area contributed by atoms with Crippen LogP contribution in [0.25, 0.3) is 0 Å². The number of alkyl carbamates (subject to hydrolysis) is 1. The van der Waals surface area contributed by atoms with Gasteiger partial charge in [-0.05, 0) is 73.3 Å². The molecule has 0 aromatic carbocycles.